The summed E-state index contributed by atoms with van der Waals surface area (Å²) in [7, 11) is -2.62. The van der Waals surface area contributed by atoms with Crippen LogP contribution in [0.25, 0.3) is 0 Å². The molecule has 0 aromatic heterocycles. The Morgan fingerprint density at radius 2 is 1.67 bits per heavy atom. The van der Waals surface area contributed by atoms with E-state index in [1.807, 2.05) is 18.2 Å². The van der Waals surface area contributed by atoms with Crippen molar-refractivity contribution in [1.82, 2.24) is 0 Å². The average molecular weight is 232 g/mol. The fraction of sp³-hybridized carbons (Fsp3) is 0.400. The third-order valence-corrected chi connectivity index (χ3v) is 1.79. The first-order valence-corrected chi connectivity index (χ1v) is 5.91. The van der Waals surface area contributed by atoms with Crippen molar-refractivity contribution >= 4 is 8.60 Å². The molecular weight excluding hydrogens is 215 g/mol. The summed E-state index contributed by atoms with van der Waals surface area (Å²) in [5, 5.41) is 9.34. The molecular formula is C10H17O4P. The van der Waals surface area contributed by atoms with E-state index in [4.69, 9.17) is 14.7 Å². The summed E-state index contributed by atoms with van der Waals surface area (Å²) in [4.78, 5) is 21.7. The highest BCUT2D eigenvalue weighted by Gasteiger charge is 1.96. The summed E-state index contributed by atoms with van der Waals surface area (Å²) in [5.74, 6) is 0.431. The zero-order valence-corrected chi connectivity index (χ0v) is 9.56. The van der Waals surface area contributed by atoms with Crippen LogP contribution in [0.1, 0.15) is 25.3 Å². The van der Waals surface area contributed by atoms with Gasteiger partial charge in [-0.3, -0.25) is 0 Å². The maximum Gasteiger partial charge on any atom is 0.324 e. The highest BCUT2D eigenvalue weighted by atomic mass is 31.2. The zero-order chi connectivity index (χ0) is 11.7. The van der Waals surface area contributed by atoms with Gasteiger partial charge in [0.1, 0.15) is 5.75 Å². The molecule has 0 amide bonds. The number of phenolic OH excluding ortho intramolecular Hbond substituents is 1. The van der Waals surface area contributed by atoms with Gasteiger partial charge in [0, 0.05) is 0 Å². The van der Waals surface area contributed by atoms with E-state index >= 15 is 0 Å². The van der Waals surface area contributed by atoms with Crippen LogP contribution in [0.5, 0.6) is 5.75 Å². The van der Waals surface area contributed by atoms with Gasteiger partial charge in [0.25, 0.3) is 0 Å². The Balaban J connectivity index is 0.000000423. The molecule has 0 saturated heterocycles. The second kappa shape index (κ2) is 8.62. The summed E-state index contributed by atoms with van der Waals surface area (Å²) in [6.07, 6.45) is 3.31. The summed E-state index contributed by atoms with van der Waals surface area (Å²) in [6, 6.07) is 7.53. The first-order valence-electron chi connectivity index (χ1n) is 4.71. The van der Waals surface area contributed by atoms with Crippen LogP contribution in [0.4, 0.5) is 0 Å². The topological polar surface area (TPSA) is 80.9 Å². The van der Waals surface area contributed by atoms with Gasteiger partial charge in [-0.2, -0.15) is 0 Å². The summed E-state index contributed by atoms with van der Waals surface area (Å²) in [5.41, 5.74) is 1.06. The van der Waals surface area contributed by atoms with Crippen molar-refractivity contribution < 1.29 is 19.8 Å². The quantitative estimate of drug-likeness (QED) is 0.600. The normalized spacial score (nSPS) is 9.67. The molecule has 0 aliphatic carbocycles. The number of aryl methyl sites for hydroxylation is 1. The maximum absolute atomic E-state index is 9.34. The molecule has 0 heterocycles. The second-order valence-corrected chi connectivity index (χ2v) is 3.54. The van der Waals surface area contributed by atoms with Gasteiger partial charge in [0.2, 0.25) is 0 Å². The molecule has 0 bridgehead atoms. The number of benzene rings is 1. The van der Waals surface area contributed by atoms with Crippen LogP contribution in [0.3, 0.4) is 0 Å². The molecule has 4 N–H and O–H groups in total. The summed E-state index contributed by atoms with van der Waals surface area (Å²) >= 11 is 0. The molecule has 0 atom stereocenters. The number of rotatable bonds is 3. The van der Waals surface area contributed by atoms with E-state index in [0.717, 1.165) is 18.4 Å². The Hall–Kier alpha value is -0.670. The molecule has 4 nitrogen and oxygen atoms in total. The number of unbranched alkanes of at least 4 members (excludes halogenated alkanes) is 1. The van der Waals surface area contributed by atoms with Crippen molar-refractivity contribution in [3.63, 3.8) is 0 Å². The van der Waals surface area contributed by atoms with Gasteiger partial charge >= 0.3 is 8.60 Å². The smallest absolute Gasteiger partial charge is 0.324 e. The Kier molecular flexibility index (Phi) is 8.24. The minimum absolute atomic E-state index is 0.431. The van der Waals surface area contributed by atoms with Gasteiger partial charge < -0.3 is 19.8 Å². The van der Waals surface area contributed by atoms with Crippen LogP contribution in [-0.2, 0) is 6.42 Å². The largest absolute Gasteiger partial charge is 0.508 e. The molecule has 0 radical (unpaired) electrons. The zero-order valence-electron chi connectivity index (χ0n) is 8.67. The highest BCUT2D eigenvalue weighted by molar-refractivity contribution is 7.38. The van der Waals surface area contributed by atoms with E-state index in [-0.39, 0.29) is 0 Å². The average Bonchev–Trinajstić information content (AvgIpc) is 2.16. The Morgan fingerprint density at radius 1 is 1.13 bits per heavy atom. The maximum atomic E-state index is 9.34. The molecule has 15 heavy (non-hydrogen) atoms. The Bertz CT molecular complexity index is 263. The fourth-order valence-electron chi connectivity index (χ4n) is 1.09. The van der Waals surface area contributed by atoms with E-state index < -0.39 is 8.60 Å². The lowest BCUT2D eigenvalue weighted by Gasteiger charge is -2.01. The van der Waals surface area contributed by atoms with Gasteiger partial charge in [0.05, 0.1) is 0 Å². The summed E-state index contributed by atoms with van der Waals surface area (Å²) in [6.45, 7) is 2.15. The van der Waals surface area contributed by atoms with Crippen LogP contribution >= 0.6 is 8.60 Å². The van der Waals surface area contributed by atoms with Crippen molar-refractivity contribution in [2.45, 2.75) is 26.2 Å². The van der Waals surface area contributed by atoms with Crippen molar-refractivity contribution in [2.75, 3.05) is 0 Å². The highest BCUT2D eigenvalue weighted by Crippen LogP contribution is 2.17. The minimum atomic E-state index is -2.62. The van der Waals surface area contributed by atoms with Gasteiger partial charge in [-0.15, -0.1) is 0 Å². The van der Waals surface area contributed by atoms with E-state index in [0.29, 0.717) is 5.75 Å². The number of aromatic hydroxyl groups is 1. The van der Waals surface area contributed by atoms with Gasteiger partial charge in [-0.25, -0.2) is 0 Å². The van der Waals surface area contributed by atoms with Crippen molar-refractivity contribution in [3.8, 4) is 5.75 Å². The molecule has 1 aromatic rings. The fourth-order valence-corrected chi connectivity index (χ4v) is 1.09. The van der Waals surface area contributed by atoms with Crippen LogP contribution in [0.15, 0.2) is 24.3 Å². The Morgan fingerprint density at radius 3 is 2.13 bits per heavy atom. The molecule has 0 saturated carbocycles. The minimum Gasteiger partial charge on any atom is -0.508 e. The van der Waals surface area contributed by atoms with Crippen LogP contribution in [0.2, 0.25) is 0 Å². The van der Waals surface area contributed by atoms with Crippen molar-refractivity contribution in [3.05, 3.63) is 29.8 Å². The van der Waals surface area contributed by atoms with Crippen LogP contribution in [-0.4, -0.2) is 19.8 Å². The van der Waals surface area contributed by atoms with Crippen molar-refractivity contribution in [1.29, 1.82) is 0 Å². The van der Waals surface area contributed by atoms with E-state index in [9.17, 15) is 5.11 Å². The number of hydrogen-bond acceptors (Lipinski definition) is 4. The van der Waals surface area contributed by atoms with Gasteiger partial charge in [-0.05, 0) is 24.5 Å². The van der Waals surface area contributed by atoms with Gasteiger partial charge in [-0.1, -0.05) is 31.5 Å². The predicted molar refractivity (Wildman–Crippen MR) is 60.3 cm³/mol. The SMILES string of the molecule is CCCCc1ccccc1O.OP(O)O. The lowest BCUT2D eigenvalue weighted by molar-refractivity contribution is 0.368. The van der Waals surface area contributed by atoms with Crippen molar-refractivity contribution in [2.24, 2.45) is 0 Å². The lowest BCUT2D eigenvalue weighted by atomic mass is 10.1. The molecule has 0 unspecified atom stereocenters. The molecule has 0 aliphatic heterocycles. The molecule has 1 rings (SSSR count). The molecule has 1 aromatic carbocycles. The van der Waals surface area contributed by atoms with Crippen LogP contribution in [0, 0.1) is 0 Å². The molecule has 0 aliphatic rings. The predicted octanol–water partition coefficient (Wildman–Crippen LogP) is 1.93. The molecule has 5 heteroatoms. The number of hydrogen-bond donors (Lipinski definition) is 4. The standard InChI is InChI=1S/C10H14O.H3O3P/c1-2-3-6-9-7-4-5-8-10(9)11;1-4(2)3/h4-5,7-8,11H,2-3,6H2,1H3;1-3H. The molecule has 0 fully saturated rings. The summed E-state index contributed by atoms with van der Waals surface area (Å²) < 4.78 is 0. The van der Waals surface area contributed by atoms with E-state index in [2.05, 4.69) is 6.92 Å². The van der Waals surface area contributed by atoms with E-state index in [1.165, 1.54) is 6.42 Å². The lowest BCUT2D eigenvalue weighted by Crippen LogP contribution is -1.83. The first-order chi connectivity index (χ1) is 7.07. The molecule has 0 spiro atoms. The third kappa shape index (κ3) is 8.33. The monoisotopic (exact) mass is 232 g/mol. The second-order valence-electron chi connectivity index (χ2n) is 3.00. The molecule has 86 valence electrons. The third-order valence-electron chi connectivity index (χ3n) is 1.79. The Labute approximate surface area is 90.8 Å². The first kappa shape index (κ1) is 14.3. The number of phenols is 1. The van der Waals surface area contributed by atoms with Gasteiger partial charge in [0.15, 0.2) is 0 Å². The van der Waals surface area contributed by atoms with E-state index in [1.54, 1.807) is 6.07 Å². The number of para-hydroxylation sites is 1. The van der Waals surface area contributed by atoms with Crippen LogP contribution < -0.4 is 0 Å².